The Balaban J connectivity index is 1.78. The highest BCUT2D eigenvalue weighted by Crippen LogP contribution is 2.33. The fourth-order valence-electron chi connectivity index (χ4n) is 1.84. The number of hydrogen-bond donors (Lipinski definition) is 1. The normalized spacial score (nSPS) is 11.0. The third kappa shape index (κ3) is 8.91. The first kappa shape index (κ1) is 22.6. The number of alkyl carbamates (subject to hydrolysis) is 1. The summed E-state index contributed by atoms with van der Waals surface area (Å²) in [7, 11) is 0. The molecular weight excluding hydrogens is 593 g/mol. The Morgan fingerprint density at radius 1 is 1.07 bits per heavy atom. The van der Waals surface area contributed by atoms with E-state index >= 15 is 0 Å². The lowest BCUT2D eigenvalue weighted by Crippen LogP contribution is -2.30. The number of halogens is 5. The molecule has 0 aromatic heterocycles. The summed E-state index contributed by atoms with van der Waals surface area (Å²) in [5, 5.41) is 3.54. The maximum Gasteiger partial charge on any atom is 0.407 e. The number of alkyl halides is 3. The summed E-state index contributed by atoms with van der Waals surface area (Å²) in [6, 6.07) is 12.1. The molecule has 0 bridgehead atoms. The van der Waals surface area contributed by atoms with Gasteiger partial charge in [-0.2, -0.15) is 0 Å². The Bertz CT molecular complexity index is 787. The van der Waals surface area contributed by atoms with E-state index in [9.17, 15) is 4.79 Å². The highest BCUT2D eigenvalue weighted by Gasteiger charge is 2.20. The van der Waals surface area contributed by atoms with Gasteiger partial charge in [0.25, 0.3) is 0 Å². The molecule has 146 valence electrons. The molecule has 1 N–H and O–H groups in total. The molecule has 0 atom stereocenters. The molecule has 1 amide bonds. The number of hydrogen-bond acceptors (Lipinski definition) is 4. The van der Waals surface area contributed by atoms with Crippen molar-refractivity contribution in [2.24, 2.45) is 0 Å². The highest BCUT2D eigenvalue weighted by atomic mass is 80.0. The van der Waals surface area contributed by atoms with E-state index < -0.39 is 8.24 Å². The van der Waals surface area contributed by atoms with Crippen LogP contribution in [0.25, 0.3) is 0 Å². The van der Waals surface area contributed by atoms with E-state index in [0.717, 1.165) is 0 Å². The molecule has 0 spiro atoms. The number of benzene rings is 2. The summed E-state index contributed by atoms with van der Waals surface area (Å²) < 4.78 is 15.6. The number of nitrogens with one attached hydrogen (secondary N) is 1. The van der Waals surface area contributed by atoms with Crippen molar-refractivity contribution in [3.05, 3.63) is 52.5 Å². The third-order valence-electron chi connectivity index (χ3n) is 2.93. The number of carbonyl (C=O) groups is 1. The van der Waals surface area contributed by atoms with Crippen LogP contribution in [-0.4, -0.2) is 28.0 Å². The molecule has 5 nitrogen and oxygen atoms in total. The maximum atomic E-state index is 11.5. The minimum atomic E-state index is -0.636. The fourth-order valence-corrected chi connectivity index (χ4v) is 2.59. The van der Waals surface area contributed by atoms with Gasteiger partial charge < -0.3 is 19.5 Å². The predicted octanol–water partition coefficient (Wildman–Crippen LogP) is 6.73. The van der Waals surface area contributed by atoms with Crippen molar-refractivity contribution in [1.82, 2.24) is 5.32 Å². The molecule has 0 fully saturated rings. The Morgan fingerprint density at radius 2 is 1.81 bits per heavy atom. The largest absolute Gasteiger partial charge is 0.490 e. The second kappa shape index (κ2) is 10.8. The van der Waals surface area contributed by atoms with E-state index in [4.69, 9.17) is 37.4 Å². The third-order valence-corrected chi connectivity index (χ3v) is 4.15. The van der Waals surface area contributed by atoms with Gasteiger partial charge in [0.05, 0.1) is 11.6 Å². The van der Waals surface area contributed by atoms with Crippen LogP contribution in [0.15, 0.2) is 42.5 Å². The molecule has 0 aliphatic carbocycles. The number of amides is 1. The molecule has 0 aliphatic rings. The summed E-state index contributed by atoms with van der Waals surface area (Å²) in [6.07, 6.45) is -0.558. The average Bonchev–Trinajstić information content (AvgIpc) is 2.58. The van der Waals surface area contributed by atoms with Crippen molar-refractivity contribution in [1.29, 1.82) is 0 Å². The van der Waals surface area contributed by atoms with Crippen LogP contribution in [0, 0.1) is 0 Å². The summed E-state index contributed by atoms with van der Waals surface area (Å²) in [6.45, 7) is 0.584. The van der Waals surface area contributed by atoms with Gasteiger partial charge in [0, 0.05) is 11.1 Å². The van der Waals surface area contributed by atoms with Gasteiger partial charge in [0.15, 0.2) is 2.14 Å². The SMILES string of the molecule is O=C(NCCOc1ccc(Oc2cccc(Cl)c2)cc1Cl)OCC(Br)(Br)Br. The molecule has 0 saturated heterocycles. The molecule has 2 rings (SSSR count). The number of ether oxygens (including phenoxy) is 3. The molecular formula is C17H14Br3Cl2NO4. The topological polar surface area (TPSA) is 56.8 Å². The van der Waals surface area contributed by atoms with Crippen molar-refractivity contribution in [2.75, 3.05) is 19.8 Å². The molecule has 0 saturated carbocycles. The summed E-state index contributed by atoms with van der Waals surface area (Å²) in [4.78, 5) is 11.5. The van der Waals surface area contributed by atoms with Gasteiger partial charge >= 0.3 is 6.09 Å². The number of rotatable bonds is 7. The number of carbonyl (C=O) groups excluding carboxylic acids is 1. The average molecular weight is 607 g/mol. The van der Waals surface area contributed by atoms with E-state index in [1.807, 2.05) is 0 Å². The van der Waals surface area contributed by atoms with E-state index in [1.165, 1.54) is 0 Å². The monoisotopic (exact) mass is 603 g/mol. The molecule has 2 aromatic carbocycles. The van der Waals surface area contributed by atoms with Crippen LogP contribution in [0.5, 0.6) is 17.2 Å². The van der Waals surface area contributed by atoms with Crippen LogP contribution in [0.4, 0.5) is 4.79 Å². The van der Waals surface area contributed by atoms with E-state index in [0.29, 0.717) is 27.3 Å². The molecule has 10 heteroatoms. The molecule has 0 unspecified atom stereocenters. The standard InChI is InChI=1S/C17H14Br3Cl2NO4/c18-17(19,20)10-26-16(24)23-6-7-25-15-5-4-13(9-14(15)22)27-12-3-1-2-11(21)8-12/h1-5,8-9H,6-7,10H2,(H,23,24). The molecule has 27 heavy (non-hydrogen) atoms. The van der Waals surface area contributed by atoms with Gasteiger partial charge in [-0.1, -0.05) is 77.1 Å². The van der Waals surface area contributed by atoms with E-state index in [-0.39, 0.29) is 19.8 Å². The highest BCUT2D eigenvalue weighted by molar-refractivity contribution is 9.39. The second-order valence-corrected chi connectivity index (χ2v) is 13.2. The van der Waals surface area contributed by atoms with Crippen molar-refractivity contribution in [3.63, 3.8) is 0 Å². The van der Waals surface area contributed by atoms with Crippen LogP contribution in [0.2, 0.25) is 10.0 Å². The Kier molecular flexibility index (Phi) is 9.01. The van der Waals surface area contributed by atoms with Crippen LogP contribution in [0.1, 0.15) is 0 Å². The zero-order valence-electron chi connectivity index (χ0n) is 13.7. The van der Waals surface area contributed by atoms with Gasteiger partial charge in [-0.3, -0.25) is 0 Å². The summed E-state index contributed by atoms with van der Waals surface area (Å²) in [5.74, 6) is 1.64. The zero-order chi connectivity index (χ0) is 19.9. The lowest BCUT2D eigenvalue weighted by Gasteiger charge is -2.13. The van der Waals surface area contributed by atoms with Crippen LogP contribution in [0.3, 0.4) is 0 Å². The first-order chi connectivity index (χ1) is 12.7. The van der Waals surface area contributed by atoms with Gasteiger partial charge in [-0.05, 0) is 30.3 Å². The van der Waals surface area contributed by atoms with Crippen molar-refractivity contribution >= 4 is 77.1 Å². The predicted molar refractivity (Wildman–Crippen MR) is 117 cm³/mol. The van der Waals surface area contributed by atoms with Crippen LogP contribution in [-0.2, 0) is 4.74 Å². The molecule has 0 radical (unpaired) electrons. The van der Waals surface area contributed by atoms with Crippen molar-refractivity contribution in [3.8, 4) is 17.2 Å². The minimum absolute atomic E-state index is 0.0968. The lowest BCUT2D eigenvalue weighted by atomic mass is 10.3. The Hall–Kier alpha value is -0.670. The van der Waals surface area contributed by atoms with E-state index in [2.05, 4.69) is 53.1 Å². The smallest absolute Gasteiger partial charge is 0.407 e. The summed E-state index contributed by atoms with van der Waals surface area (Å²) >= 11 is 21.8. The Morgan fingerprint density at radius 3 is 2.48 bits per heavy atom. The van der Waals surface area contributed by atoms with Crippen LogP contribution < -0.4 is 14.8 Å². The van der Waals surface area contributed by atoms with Crippen molar-refractivity contribution in [2.45, 2.75) is 2.14 Å². The second-order valence-electron chi connectivity index (χ2n) is 5.12. The first-order valence-corrected chi connectivity index (χ1v) is 10.7. The molecule has 2 aromatic rings. The quantitative estimate of drug-likeness (QED) is 0.281. The molecule has 0 aliphatic heterocycles. The minimum Gasteiger partial charge on any atom is -0.490 e. The maximum absolute atomic E-state index is 11.5. The lowest BCUT2D eigenvalue weighted by molar-refractivity contribution is 0.148. The molecule has 0 heterocycles. The first-order valence-electron chi connectivity index (χ1n) is 7.56. The zero-order valence-corrected chi connectivity index (χ0v) is 20.0. The Labute approximate surface area is 192 Å². The van der Waals surface area contributed by atoms with Gasteiger partial charge in [-0.25, -0.2) is 4.79 Å². The van der Waals surface area contributed by atoms with Gasteiger partial charge in [0.2, 0.25) is 0 Å². The van der Waals surface area contributed by atoms with E-state index in [1.54, 1.807) is 42.5 Å². The fraction of sp³-hybridized carbons (Fsp3) is 0.235. The van der Waals surface area contributed by atoms with Gasteiger partial charge in [-0.15, -0.1) is 0 Å². The van der Waals surface area contributed by atoms with Gasteiger partial charge in [0.1, 0.15) is 30.5 Å². The van der Waals surface area contributed by atoms with Crippen molar-refractivity contribution < 1.29 is 19.0 Å². The summed E-state index contributed by atoms with van der Waals surface area (Å²) in [5.41, 5.74) is 0. The van der Waals surface area contributed by atoms with Crippen LogP contribution >= 0.6 is 71.0 Å².